The van der Waals surface area contributed by atoms with Gasteiger partial charge in [-0.2, -0.15) is 0 Å². The molecule has 0 saturated carbocycles. The zero-order valence-electron chi connectivity index (χ0n) is 16.8. The third kappa shape index (κ3) is 6.87. The molecule has 1 aliphatic heterocycles. The minimum atomic E-state index is -0.285. The second-order valence-electron chi connectivity index (χ2n) is 6.94. The number of nitrogens with one attached hydrogen (secondary N) is 2. The number of hydrogen-bond acceptors (Lipinski definition) is 4. The first kappa shape index (κ1) is 21.7. The molecule has 0 radical (unpaired) electrons. The molecule has 2 rings (SSSR count). The van der Waals surface area contributed by atoms with Crippen molar-refractivity contribution in [2.45, 2.75) is 52.0 Å². The van der Waals surface area contributed by atoms with Gasteiger partial charge in [-0.1, -0.05) is 19.1 Å². The number of ether oxygens (including phenoxy) is 1. The lowest BCUT2D eigenvalue weighted by atomic mass is 10.1. The first-order valence-electron chi connectivity index (χ1n) is 10.1. The van der Waals surface area contributed by atoms with Crippen molar-refractivity contribution in [3.8, 4) is 0 Å². The number of piperidine rings is 1. The smallest absolute Gasteiger partial charge is 0.409 e. The number of carbonyl (C=O) groups is 3. The SMILES string of the molecule is CCOC(=O)N1CCC(NC(=O)CCCNC(=O)c2ccc(CC)cc2)CC1. The van der Waals surface area contributed by atoms with Crippen molar-refractivity contribution < 1.29 is 19.1 Å². The number of carbonyl (C=O) groups excluding carboxylic acids is 3. The van der Waals surface area contributed by atoms with E-state index >= 15 is 0 Å². The highest BCUT2D eigenvalue weighted by Crippen LogP contribution is 2.12. The van der Waals surface area contributed by atoms with Gasteiger partial charge in [0, 0.05) is 37.7 Å². The van der Waals surface area contributed by atoms with Crippen LogP contribution in [-0.4, -0.2) is 55.1 Å². The fraction of sp³-hybridized carbons (Fsp3) is 0.571. The molecule has 1 saturated heterocycles. The van der Waals surface area contributed by atoms with E-state index in [1.54, 1.807) is 11.8 Å². The van der Waals surface area contributed by atoms with Crippen molar-refractivity contribution in [3.05, 3.63) is 35.4 Å². The number of nitrogens with zero attached hydrogens (tertiary/aromatic N) is 1. The monoisotopic (exact) mass is 389 g/mol. The quantitative estimate of drug-likeness (QED) is 0.669. The van der Waals surface area contributed by atoms with Crippen LogP contribution in [-0.2, 0) is 16.0 Å². The second-order valence-corrected chi connectivity index (χ2v) is 6.94. The Balaban J connectivity index is 1.60. The van der Waals surface area contributed by atoms with E-state index in [1.165, 1.54) is 5.56 Å². The van der Waals surface area contributed by atoms with E-state index in [-0.39, 0.29) is 23.9 Å². The molecule has 1 aromatic rings. The summed E-state index contributed by atoms with van der Waals surface area (Å²) in [6, 6.07) is 7.64. The first-order valence-corrected chi connectivity index (χ1v) is 10.1. The molecule has 154 valence electrons. The second kappa shape index (κ2) is 11.3. The van der Waals surface area contributed by atoms with Gasteiger partial charge in [0.1, 0.15) is 0 Å². The number of amides is 3. The zero-order valence-corrected chi connectivity index (χ0v) is 16.8. The van der Waals surface area contributed by atoms with Crippen LogP contribution in [0, 0.1) is 0 Å². The zero-order chi connectivity index (χ0) is 20.4. The van der Waals surface area contributed by atoms with Gasteiger partial charge >= 0.3 is 6.09 Å². The van der Waals surface area contributed by atoms with Crippen molar-refractivity contribution in [2.24, 2.45) is 0 Å². The number of aryl methyl sites for hydroxylation is 1. The lowest BCUT2D eigenvalue weighted by molar-refractivity contribution is -0.122. The third-order valence-corrected chi connectivity index (χ3v) is 4.88. The third-order valence-electron chi connectivity index (χ3n) is 4.88. The first-order chi connectivity index (χ1) is 13.5. The summed E-state index contributed by atoms with van der Waals surface area (Å²) in [4.78, 5) is 37.5. The average Bonchev–Trinajstić information content (AvgIpc) is 2.72. The maximum Gasteiger partial charge on any atom is 0.409 e. The largest absolute Gasteiger partial charge is 0.450 e. The van der Waals surface area contributed by atoms with E-state index in [9.17, 15) is 14.4 Å². The minimum Gasteiger partial charge on any atom is -0.450 e. The predicted molar refractivity (Wildman–Crippen MR) is 107 cm³/mol. The lowest BCUT2D eigenvalue weighted by Crippen LogP contribution is -2.46. The van der Waals surface area contributed by atoms with E-state index < -0.39 is 0 Å². The van der Waals surface area contributed by atoms with Gasteiger partial charge in [-0.05, 0) is 50.3 Å². The Morgan fingerprint density at radius 1 is 1.11 bits per heavy atom. The minimum absolute atomic E-state index is 0.0175. The highest BCUT2D eigenvalue weighted by atomic mass is 16.6. The van der Waals surface area contributed by atoms with E-state index in [4.69, 9.17) is 4.74 Å². The molecule has 28 heavy (non-hydrogen) atoms. The Morgan fingerprint density at radius 3 is 2.39 bits per heavy atom. The van der Waals surface area contributed by atoms with Crippen LogP contribution < -0.4 is 10.6 Å². The molecule has 1 heterocycles. The summed E-state index contributed by atoms with van der Waals surface area (Å²) in [5.74, 6) is -0.134. The van der Waals surface area contributed by atoms with Gasteiger partial charge in [-0.3, -0.25) is 9.59 Å². The predicted octanol–water partition coefficient (Wildman–Crippen LogP) is 2.50. The maximum atomic E-state index is 12.1. The molecule has 0 spiro atoms. The molecule has 3 amide bonds. The number of rotatable bonds is 8. The molecule has 0 aliphatic carbocycles. The average molecular weight is 389 g/mol. The normalized spacial score (nSPS) is 14.4. The fourth-order valence-electron chi connectivity index (χ4n) is 3.17. The molecule has 0 unspecified atom stereocenters. The van der Waals surface area contributed by atoms with Crippen LogP contribution in [0.1, 0.15) is 55.5 Å². The Morgan fingerprint density at radius 2 is 1.79 bits per heavy atom. The molecule has 1 aromatic carbocycles. The topological polar surface area (TPSA) is 87.7 Å². The van der Waals surface area contributed by atoms with Crippen molar-refractivity contribution in [1.29, 1.82) is 0 Å². The molecular weight excluding hydrogens is 358 g/mol. The summed E-state index contributed by atoms with van der Waals surface area (Å²) < 4.78 is 4.99. The Bertz CT molecular complexity index is 652. The van der Waals surface area contributed by atoms with E-state index in [0.29, 0.717) is 44.6 Å². The van der Waals surface area contributed by atoms with E-state index in [1.807, 2.05) is 24.3 Å². The van der Waals surface area contributed by atoms with Crippen LogP contribution in [0.15, 0.2) is 24.3 Å². The summed E-state index contributed by atoms with van der Waals surface area (Å²) >= 11 is 0. The van der Waals surface area contributed by atoms with Gasteiger partial charge in [0.05, 0.1) is 6.61 Å². The van der Waals surface area contributed by atoms with Crippen LogP contribution in [0.4, 0.5) is 4.79 Å². The van der Waals surface area contributed by atoms with Crippen LogP contribution in [0.25, 0.3) is 0 Å². The van der Waals surface area contributed by atoms with Gasteiger partial charge in [0.15, 0.2) is 0 Å². The lowest BCUT2D eigenvalue weighted by Gasteiger charge is -2.31. The Kier molecular flexibility index (Phi) is 8.78. The number of likely N-dealkylation sites (tertiary alicyclic amines) is 1. The standard InChI is InChI=1S/C21H31N3O4/c1-3-16-7-9-17(10-8-16)20(26)22-13-5-6-19(25)23-18-11-14-24(15-12-18)21(27)28-4-2/h7-10,18H,3-6,11-15H2,1-2H3,(H,22,26)(H,23,25). The molecule has 7 nitrogen and oxygen atoms in total. The van der Waals surface area contributed by atoms with Gasteiger partial charge < -0.3 is 20.3 Å². The van der Waals surface area contributed by atoms with Crippen LogP contribution in [0.5, 0.6) is 0 Å². The van der Waals surface area contributed by atoms with Crippen molar-refractivity contribution in [3.63, 3.8) is 0 Å². The van der Waals surface area contributed by atoms with Crippen molar-refractivity contribution in [1.82, 2.24) is 15.5 Å². The summed E-state index contributed by atoms with van der Waals surface area (Å²) in [7, 11) is 0. The molecule has 1 aliphatic rings. The molecule has 0 atom stereocenters. The van der Waals surface area contributed by atoms with Gasteiger partial charge in [-0.25, -0.2) is 4.79 Å². The van der Waals surface area contributed by atoms with Gasteiger partial charge in [0.2, 0.25) is 5.91 Å². The van der Waals surface area contributed by atoms with Crippen LogP contribution in [0.2, 0.25) is 0 Å². The van der Waals surface area contributed by atoms with Crippen molar-refractivity contribution >= 4 is 17.9 Å². The van der Waals surface area contributed by atoms with E-state index in [0.717, 1.165) is 19.3 Å². The van der Waals surface area contributed by atoms with Crippen LogP contribution >= 0.6 is 0 Å². The molecule has 0 bridgehead atoms. The van der Waals surface area contributed by atoms with E-state index in [2.05, 4.69) is 17.6 Å². The number of benzene rings is 1. The fourth-order valence-corrected chi connectivity index (χ4v) is 3.17. The molecule has 0 aromatic heterocycles. The molecule has 7 heteroatoms. The summed E-state index contributed by atoms with van der Waals surface area (Å²) in [5.41, 5.74) is 1.83. The van der Waals surface area contributed by atoms with Gasteiger partial charge in [-0.15, -0.1) is 0 Å². The molecule has 1 fully saturated rings. The molecule has 2 N–H and O–H groups in total. The summed E-state index contributed by atoms with van der Waals surface area (Å²) in [6.45, 7) is 5.88. The molecular formula is C21H31N3O4. The van der Waals surface area contributed by atoms with Crippen LogP contribution in [0.3, 0.4) is 0 Å². The maximum absolute atomic E-state index is 12.1. The van der Waals surface area contributed by atoms with Crippen molar-refractivity contribution in [2.75, 3.05) is 26.2 Å². The summed E-state index contributed by atoms with van der Waals surface area (Å²) in [6.07, 6.45) is 3.08. The highest BCUT2D eigenvalue weighted by molar-refractivity contribution is 5.94. The summed E-state index contributed by atoms with van der Waals surface area (Å²) in [5, 5.41) is 5.86. The highest BCUT2D eigenvalue weighted by Gasteiger charge is 2.24. The Hall–Kier alpha value is -2.57. The number of hydrogen-bond donors (Lipinski definition) is 2. The van der Waals surface area contributed by atoms with Gasteiger partial charge in [0.25, 0.3) is 5.91 Å². The Labute approximate surface area is 166 Å².